The molecule has 1 saturated heterocycles. The normalized spacial score (nSPS) is 38.3. The Bertz CT molecular complexity index is 229. The van der Waals surface area contributed by atoms with Crippen molar-refractivity contribution in [3.63, 3.8) is 0 Å². The van der Waals surface area contributed by atoms with E-state index in [1.54, 1.807) is 0 Å². The van der Waals surface area contributed by atoms with E-state index in [-0.39, 0.29) is 0 Å². The highest BCUT2D eigenvalue weighted by Crippen LogP contribution is 2.41. The third kappa shape index (κ3) is 3.45. The van der Waals surface area contributed by atoms with Crippen LogP contribution in [0, 0.1) is 5.92 Å². The Labute approximate surface area is 107 Å². The van der Waals surface area contributed by atoms with E-state index < -0.39 is 0 Å². The first-order chi connectivity index (χ1) is 8.26. The Morgan fingerprint density at radius 3 is 2.65 bits per heavy atom. The molecule has 1 N–H and O–H groups in total. The van der Waals surface area contributed by atoms with E-state index in [1.165, 1.54) is 51.6 Å². The Balaban J connectivity index is 1.73. The average molecular weight is 238 g/mol. The molecule has 0 radical (unpaired) electrons. The summed E-state index contributed by atoms with van der Waals surface area (Å²) in [6.45, 7) is 9.53. The smallest absolute Gasteiger partial charge is 0.0130 e. The lowest BCUT2D eigenvalue weighted by molar-refractivity contribution is 0.121. The fourth-order valence-electron chi connectivity index (χ4n) is 3.54. The molecule has 0 bridgehead atoms. The van der Waals surface area contributed by atoms with E-state index in [4.69, 9.17) is 0 Å². The number of likely N-dealkylation sites (tertiary alicyclic amines) is 1. The van der Waals surface area contributed by atoms with Crippen molar-refractivity contribution in [2.75, 3.05) is 13.1 Å². The summed E-state index contributed by atoms with van der Waals surface area (Å²) in [5.74, 6) is 1.03. The van der Waals surface area contributed by atoms with Crippen LogP contribution in [0.3, 0.4) is 0 Å². The van der Waals surface area contributed by atoms with Crippen molar-refractivity contribution in [3.05, 3.63) is 0 Å². The summed E-state index contributed by atoms with van der Waals surface area (Å²) in [6, 6.07) is 2.52. The molecule has 0 amide bonds. The van der Waals surface area contributed by atoms with Crippen LogP contribution in [0.4, 0.5) is 0 Å². The summed E-state index contributed by atoms with van der Waals surface area (Å²) in [5, 5.41) is 3.69. The molecule has 0 aromatic heterocycles. The summed E-state index contributed by atoms with van der Waals surface area (Å²) >= 11 is 0. The predicted octanol–water partition coefficient (Wildman–Crippen LogP) is 3.03. The van der Waals surface area contributed by atoms with Crippen molar-refractivity contribution in [3.8, 4) is 0 Å². The maximum atomic E-state index is 3.69. The van der Waals surface area contributed by atoms with E-state index in [1.807, 2.05) is 0 Å². The van der Waals surface area contributed by atoms with Crippen LogP contribution >= 0.6 is 0 Å². The number of rotatable bonds is 6. The van der Waals surface area contributed by atoms with Gasteiger partial charge in [0.05, 0.1) is 0 Å². The molecule has 1 aliphatic carbocycles. The standard InChI is InChI=1S/C15H30N2/c1-4-6-13-11-15(13)17-9-7-14(10-12(17)3)16-8-5-2/h12-16H,4-11H2,1-3H3. The highest BCUT2D eigenvalue weighted by molar-refractivity contribution is 4.98. The molecular weight excluding hydrogens is 208 g/mol. The maximum absolute atomic E-state index is 3.69. The predicted molar refractivity (Wildman–Crippen MR) is 74.3 cm³/mol. The first-order valence-corrected chi connectivity index (χ1v) is 7.75. The molecule has 2 aliphatic rings. The summed E-state index contributed by atoms with van der Waals surface area (Å²) in [4.78, 5) is 2.80. The number of nitrogens with one attached hydrogen (secondary N) is 1. The molecule has 2 rings (SSSR count). The van der Waals surface area contributed by atoms with E-state index in [9.17, 15) is 0 Å². The quantitative estimate of drug-likeness (QED) is 0.765. The number of piperidine rings is 1. The van der Waals surface area contributed by atoms with Gasteiger partial charge in [-0.15, -0.1) is 0 Å². The zero-order valence-electron chi connectivity index (χ0n) is 11.9. The van der Waals surface area contributed by atoms with Gasteiger partial charge in [-0.1, -0.05) is 20.3 Å². The van der Waals surface area contributed by atoms with Gasteiger partial charge in [0.1, 0.15) is 0 Å². The van der Waals surface area contributed by atoms with Gasteiger partial charge in [0.2, 0.25) is 0 Å². The highest BCUT2D eigenvalue weighted by Gasteiger charge is 2.43. The van der Waals surface area contributed by atoms with Crippen molar-refractivity contribution < 1.29 is 0 Å². The second kappa shape index (κ2) is 6.19. The summed E-state index contributed by atoms with van der Waals surface area (Å²) in [5.41, 5.74) is 0. The third-order valence-electron chi connectivity index (χ3n) is 4.58. The van der Waals surface area contributed by atoms with Crippen molar-refractivity contribution in [2.45, 2.75) is 77.4 Å². The average Bonchev–Trinajstić information content (AvgIpc) is 3.06. The molecule has 17 heavy (non-hydrogen) atoms. The highest BCUT2D eigenvalue weighted by atomic mass is 15.2. The molecule has 0 aromatic carbocycles. The minimum atomic E-state index is 0.782. The fourth-order valence-corrected chi connectivity index (χ4v) is 3.54. The van der Waals surface area contributed by atoms with Gasteiger partial charge in [0.25, 0.3) is 0 Å². The van der Waals surface area contributed by atoms with Crippen LogP contribution in [0.25, 0.3) is 0 Å². The number of hydrogen-bond donors (Lipinski definition) is 1. The SMILES string of the molecule is CCCNC1CCN(C2CC2CCC)C(C)C1. The molecular formula is C15H30N2. The monoisotopic (exact) mass is 238 g/mol. The van der Waals surface area contributed by atoms with Crippen LogP contribution in [0.5, 0.6) is 0 Å². The van der Waals surface area contributed by atoms with Crippen LogP contribution in [-0.2, 0) is 0 Å². The molecule has 1 heterocycles. The van der Waals surface area contributed by atoms with Crippen LogP contribution in [-0.4, -0.2) is 36.1 Å². The van der Waals surface area contributed by atoms with Gasteiger partial charge >= 0.3 is 0 Å². The fraction of sp³-hybridized carbons (Fsp3) is 1.00. The second-order valence-corrected chi connectivity index (χ2v) is 6.11. The molecule has 0 aromatic rings. The van der Waals surface area contributed by atoms with E-state index in [0.717, 1.165) is 24.0 Å². The zero-order valence-corrected chi connectivity index (χ0v) is 11.9. The lowest BCUT2D eigenvalue weighted by Crippen LogP contribution is -2.48. The van der Waals surface area contributed by atoms with E-state index in [2.05, 4.69) is 31.0 Å². The van der Waals surface area contributed by atoms with Crippen LogP contribution < -0.4 is 5.32 Å². The Morgan fingerprint density at radius 2 is 2.00 bits per heavy atom. The van der Waals surface area contributed by atoms with Crippen molar-refractivity contribution in [2.24, 2.45) is 5.92 Å². The van der Waals surface area contributed by atoms with Crippen LogP contribution in [0.2, 0.25) is 0 Å². The topological polar surface area (TPSA) is 15.3 Å². The van der Waals surface area contributed by atoms with Crippen molar-refractivity contribution in [1.82, 2.24) is 10.2 Å². The molecule has 2 nitrogen and oxygen atoms in total. The minimum absolute atomic E-state index is 0.782. The third-order valence-corrected chi connectivity index (χ3v) is 4.58. The maximum Gasteiger partial charge on any atom is 0.0130 e. The number of nitrogens with zero attached hydrogens (tertiary/aromatic N) is 1. The molecule has 1 saturated carbocycles. The van der Waals surface area contributed by atoms with Gasteiger partial charge in [-0.3, -0.25) is 4.90 Å². The van der Waals surface area contributed by atoms with Gasteiger partial charge in [-0.25, -0.2) is 0 Å². The van der Waals surface area contributed by atoms with Gasteiger partial charge < -0.3 is 5.32 Å². The van der Waals surface area contributed by atoms with Crippen LogP contribution in [0.15, 0.2) is 0 Å². The van der Waals surface area contributed by atoms with Gasteiger partial charge in [-0.2, -0.15) is 0 Å². The molecule has 0 spiro atoms. The van der Waals surface area contributed by atoms with Crippen LogP contribution in [0.1, 0.15) is 59.3 Å². The Hall–Kier alpha value is -0.0800. The first kappa shape index (κ1) is 13.4. The largest absolute Gasteiger partial charge is 0.314 e. The first-order valence-electron chi connectivity index (χ1n) is 7.75. The minimum Gasteiger partial charge on any atom is -0.314 e. The summed E-state index contributed by atoms with van der Waals surface area (Å²) in [7, 11) is 0. The molecule has 4 unspecified atom stereocenters. The Morgan fingerprint density at radius 1 is 1.18 bits per heavy atom. The van der Waals surface area contributed by atoms with Crippen molar-refractivity contribution >= 4 is 0 Å². The number of hydrogen-bond acceptors (Lipinski definition) is 2. The summed E-state index contributed by atoms with van der Waals surface area (Å²) in [6.07, 6.45) is 8.27. The molecule has 2 heteroatoms. The van der Waals surface area contributed by atoms with E-state index in [0.29, 0.717) is 0 Å². The second-order valence-electron chi connectivity index (χ2n) is 6.11. The van der Waals surface area contributed by atoms with Gasteiger partial charge in [0.15, 0.2) is 0 Å². The summed E-state index contributed by atoms with van der Waals surface area (Å²) < 4.78 is 0. The Kier molecular flexibility index (Phi) is 4.87. The lowest BCUT2D eigenvalue weighted by Gasteiger charge is -2.38. The van der Waals surface area contributed by atoms with E-state index >= 15 is 0 Å². The van der Waals surface area contributed by atoms with Crippen molar-refractivity contribution in [1.29, 1.82) is 0 Å². The molecule has 2 fully saturated rings. The zero-order chi connectivity index (χ0) is 12.3. The van der Waals surface area contributed by atoms with Gasteiger partial charge in [-0.05, 0) is 51.5 Å². The molecule has 1 aliphatic heterocycles. The molecule has 100 valence electrons. The molecule has 4 atom stereocenters. The lowest BCUT2D eigenvalue weighted by atomic mass is 9.97. The van der Waals surface area contributed by atoms with Gasteiger partial charge in [0, 0.05) is 24.7 Å².